The Morgan fingerprint density at radius 1 is 0.915 bits per heavy atom. The molecule has 18 heteroatoms. The SMILES string of the molecule is COCc1nc(CN2CCN([C@H](C(=O)N[C@@H](Cc3ccccc3)[C@@H](O)CN(Cc3csc(-c4ccccn4)n3)NC(=O)[C@@H](NC(=O)O)C(C)(C)C)C(C)(C)C)C2=O)cs1. The maximum Gasteiger partial charge on any atom is 0.405 e. The minimum atomic E-state index is -1.36. The number of thiazole rings is 2. The number of amides is 5. The number of hydrazine groups is 1. The maximum absolute atomic E-state index is 14.5. The number of aromatic nitrogens is 3. The van der Waals surface area contributed by atoms with Crippen molar-refractivity contribution in [3.05, 3.63) is 87.4 Å². The summed E-state index contributed by atoms with van der Waals surface area (Å²) in [6.07, 6.45) is -0.731. The first-order valence-corrected chi connectivity index (χ1v) is 21.1. The molecule has 5 N–H and O–H groups in total. The average molecular weight is 850 g/mol. The summed E-state index contributed by atoms with van der Waals surface area (Å²) in [5.41, 5.74) is 4.17. The molecule has 1 aliphatic heterocycles. The van der Waals surface area contributed by atoms with Gasteiger partial charge in [-0.05, 0) is 34.9 Å². The number of aliphatic hydroxyl groups is 1. The summed E-state index contributed by atoms with van der Waals surface area (Å²) in [7, 11) is 1.60. The fourth-order valence-electron chi connectivity index (χ4n) is 6.91. The van der Waals surface area contributed by atoms with Crippen LogP contribution in [0, 0.1) is 10.8 Å². The molecule has 5 rings (SSSR count). The molecule has 0 spiro atoms. The van der Waals surface area contributed by atoms with Crippen molar-refractivity contribution >= 4 is 46.6 Å². The van der Waals surface area contributed by atoms with Crippen molar-refractivity contribution in [3.63, 3.8) is 0 Å². The number of nitrogens with zero attached hydrogens (tertiary/aromatic N) is 6. The van der Waals surface area contributed by atoms with Gasteiger partial charge in [0.1, 0.15) is 22.1 Å². The lowest BCUT2D eigenvalue weighted by Gasteiger charge is -2.38. The highest BCUT2D eigenvalue weighted by molar-refractivity contribution is 7.13. The van der Waals surface area contributed by atoms with Crippen LogP contribution in [-0.2, 0) is 40.4 Å². The summed E-state index contributed by atoms with van der Waals surface area (Å²) >= 11 is 2.84. The number of aliphatic hydroxyl groups excluding tert-OH is 1. The summed E-state index contributed by atoms with van der Waals surface area (Å²) in [6, 6.07) is 11.7. The number of urea groups is 1. The third-order valence-corrected chi connectivity index (χ3v) is 11.5. The minimum Gasteiger partial charge on any atom is -0.465 e. The van der Waals surface area contributed by atoms with Gasteiger partial charge < -0.3 is 35.4 Å². The van der Waals surface area contributed by atoms with E-state index in [4.69, 9.17) is 9.72 Å². The van der Waals surface area contributed by atoms with Crippen molar-refractivity contribution in [2.75, 3.05) is 26.7 Å². The number of hydrogen-bond donors (Lipinski definition) is 5. The Labute approximate surface area is 353 Å². The number of pyridine rings is 1. The largest absolute Gasteiger partial charge is 0.465 e. The zero-order chi connectivity index (χ0) is 42.9. The van der Waals surface area contributed by atoms with Crippen LogP contribution in [0.15, 0.2) is 65.5 Å². The second kappa shape index (κ2) is 19.8. The van der Waals surface area contributed by atoms with Gasteiger partial charge in [0, 0.05) is 43.7 Å². The van der Waals surface area contributed by atoms with E-state index < -0.39 is 53.0 Å². The second-order valence-corrected chi connectivity index (χ2v) is 18.5. The molecular weight excluding hydrogens is 795 g/mol. The number of carbonyl (C=O) groups is 4. The van der Waals surface area contributed by atoms with Gasteiger partial charge in [0.2, 0.25) is 5.91 Å². The normalized spacial score (nSPS) is 15.5. The van der Waals surface area contributed by atoms with Gasteiger partial charge in [-0.2, -0.15) is 0 Å². The maximum atomic E-state index is 14.5. The molecule has 3 aromatic heterocycles. The van der Waals surface area contributed by atoms with Crippen LogP contribution >= 0.6 is 22.7 Å². The van der Waals surface area contributed by atoms with Gasteiger partial charge in [-0.1, -0.05) is 77.9 Å². The minimum absolute atomic E-state index is 0.0384. The predicted molar refractivity (Wildman–Crippen MR) is 225 cm³/mol. The monoisotopic (exact) mass is 849 g/mol. The Hall–Kier alpha value is -5.01. The van der Waals surface area contributed by atoms with E-state index >= 15 is 0 Å². The fraction of sp³-hybridized carbons (Fsp3) is 0.488. The first-order chi connectivity index (χ1) is 27.9. The molecule has 0 radical (unpaired) electrons. The van der Waals surface area contributed by atoms with E-state index in [2.05, 4.69) is 26.0 Å². The summed E-state index contributed by atoms with van der Waals surface area (Å²) < 4.78 is 5.19. The van der Waals surface area contributed by atoms with E-state index in [1.807, 2.05) is 80.1 Å². The standard InChI is InChI=1S/C41H55N9O7S2/c1-40(2,3)33(46-38(54)55)35(52)47-49(21-28-25-59-37(44-28)29-15-11-12-16-42-29)22-31(51)30(19-26-13-9-8-10-14-26)45-36(53)34(41(4,5)6)50-18-17-48(39(50)56)20-27-24-58-32(43-27)23-57-7/h8-16,24-25,30-31,33-34,46,51H,17-23H2,1-7H3,(H,45,53)(H,47,52)(H,54,55)/t30-,31-,33+,34+/m0/s1. The Bertz CT molecular complexity index is 2020. The fourth-order valence-corrected chi connectivity index (χ4v) is 8.46. The highest BCUT2D eigenvalue weighted by Gasteiger charge is 2.44. The summed E-state index contributed by atoms with van der Waals surface area (Å²) in [6.45, 7) is 12.2. The number of benzene rings is 1. The quantitative estimate of drug-likeness (QED) is 0.0865. The van der Waals surface area contributed by atoms with Crippen molar-refractivity contribution < 1.29 is 34.1 Å². The van der Waals surface area contributed by atoms with Crippen molar-refractivity contribution in [1.82, 2.24) is 45.8 Å². The van der Waals surface area contributed by atoms with E-state index in [0.29, 0.717) is 42.6 Å². The van der Waals surface area contributed by atoms with Gasteiger partial charge in [0.25, 0.3) is 5.91 Å². The zero-order valence-electron chi connectivity index (χ0n) is 34.5. The van der Waals surface area contributed by atoms with Crippen molar-refractivity contribution in [3.8, 4) is 10.7 Å². The Balaban J connectivity index is 1.40. The first kappa shape index (κ1) is 45.1. The lowest BCUT2D eigenvalue weighted by atomic mass is 9.84. The van der Waals surface area contributed by atoms with Crippen molar-refractivity contribution in [2.24, 2.45) is 10.8 Å². The molecule has 0 saturated carbocycles. The number of nitrogens with one attached hydrogen (secondary N) is 3. The molecule has 1 fully saturated rings. The second-order valence-electron chi connectivity index (χ2n) is 16.7. The van der Waals surface area contributed by atoms with Gasteiger partial charge in [0.05, 0.1) is 48.9 Å². The molecule has 1 aromatic carbocycles. The van der Waals surface area contributed by atoms with Crippen LogP contribution in [0.25, 0.3) is 10.7 Å². The number of carbonyl (C=O) groups excluding carboxylic acids is 3. The third kappa shape index (κ3) is 12.5. The van der Waals surface area contributed by atoms with Gasteiger partial charge in [-0.25, -0.2) is 24.6 Å². The van der Waals surface area contributed by atoms with Gasteiger partial charge >= 0.3 is 12.1 Å². The highest BCUT2D eigenvalue weighted by atomic mass is 32.1. The summed E-state index contributed by atoms with van der Waals surface area (Å²) in [5.74, 6) is -1.06. The third-order valence-electron chi connectivity index (χ3n) is 9.68. The van der Waals surface area contributed by atoms with Crippen LogP contribution in [-0.4, -0.2) is 115 Å². The molecule has 318 valence electrons. The number of carboxylic acid groups (broad SMARTS) is 1. The summed E-state index contributed by atoms with van der Waals surface area (Å²) in [4.78, 5) is 71.0. The van der Waals surface area contributed by atoms with Crippen LogP contribution in [0.2, 0.25) is 0 Å². The topological polar surface area (TPSA) is 202 Å². The van der Waals surface area contributed by atoms with Gasteiger partial charge in [-0.15, -0.1) is 22.7 Å². The Morgan fingerprint density at radius 3 is 2.27 bits per heavy atom. The number of hydrogen-bond acceptors (Lipinski definition) is 12. The van der Waals surface area contributed by atoms with Crippen LogP contribution in [0.1, 0.15) is 63.5 Å². The Morgan fingerprint density at radius 2 is 1.63 bits per heavy atom. The number of methoxy groups -OCH3 is 1. The molecule has 0 aliphatic carbocycles. The van der Waals surface area contributed by atoms with Crippen molar-refractivity contribution in [1.29, 1.82) is 0 Å². The van der Waals surface area contributed by atoms with Gasteiger partial charge in [-0.3, -0.25) is 20.0 Å². The van der Waals surface area contributed by atoms with Crippen LogP contribution in [0.4, 0.5) is 9.59 Å². The smallest absolute Gasteiger partial charge is 0.405 e. The molecule has 4 aromatic rings. The van der Waals surface area contributed by atoms with Crippen LogP contribution in [0.3, 0.4) is 0 Å². The molecule has 1 aliphatic rings. The summed E-state index contributed by atoms with van der Waals surface area (Å²) in [5, 5.41) is 33.8. The number of rotatable bonds is 18. The van der Waals surface area contributed by atoms with E-state index in [9.17, 15) is 29.4 Å². The molecule has 1 saturated heterocycles. The lowest BCUT2D eigenvalue weighted by molar-refractivity contribution is -0.133. The molecule has 0 unspecified atom stereocenters. The molecule has 5 amide bonds. The van der Waals surface area contributed by atoms with Crippen LogP contribution in [0.5, 0.6) is 0 Å². The first-order valence-electron chi connectivity index (χ1n) is 19.3. The molecule has 4 heterocycles. The van der Waals surface area contributed by atoms with E-state index in [0.717, 1.165) is 16.3 Å². The highest BCUT2D eigenvalue weighted by Crippen LogP contribution is 2.30. The zero-order valence-corrected chi connectivity index (χ0v) is 36.2. The van der Waals surface area contributed by atoms with Crippen molar-refractivity contribution in [2.45, 2.75) is 91.9 Å². The van der Waals surface area contributed by atoms with E-state index in [-0.39, 0.29) is 25.5 Å². The lowest BCUT2D eigenvalue weighted by Crippen LogP contribution is -2.61. The predicted octanol–water partition coefficient (Wildman–Crippen LogP) is 4.76. The molecule has 0 bridgehead atoms. The molecule has 59 heavy (non-hydrogen) atoms. The molecule has 16 nitrogen and oxygen atoms in total. The average Bonchev–Trinajstić information content (AvgIpc) is 3.91. The number of ether oxygens (including phenoxy) is 1. The Kier molecular flexibility index (Phi) is 15.2. The van der Waals surface area contributed by atoms with Crippen LogP contribution < -0.4 is 16.1 Å². The molecular formula is C41H55N9O7S2. The van der Waals surface area contributed by atoms with Gasteiger partial charge in [0.15, 0.2) is 0 Å². The molecule has 4 atom stereocenters. The van der Waals surface area contributed by atoms with E-state index in [1.165, 1.54) is 27.7 Å². The van der Waals surface area contributed by atoms with E-state index in [1.54, 1.807) is 43.9 Å².